The summed E-state index contributed by atoms with van der Waals surface area (Å²) in [6.07, 6.45) is -1.55. The molecule has 0 bridgehead atoms. The molecule has 0 unspecified atom stereocenters. The van der Waals surface area contributed by atoms with E-state index in [9.17, 15) is 18.0 Å². The predicted molar refractivity (Wildman–Crippen MR) is 69.9 cm³/mol. The highest BCUT2D eigenvalue weighted by Gasteiger charge is 2.38. The first-order valence-electron chi connectivity index (χ1n) is 6.83. The van der Waals surface area contributed by atoms with Crippen LogP contribution < -0.4 is 0 Å². The second kappa shape index (κ2) is 5.19. The van der Waals surface area contributed by atoms with Crippen LogP contribution >= 0.6 is 0 Å². The molecular formula is C14H14F3N3O2. The van der Waals surface area contributed by atoms with Crippen molar-refractivity contribution in [2.75, 3.05) is 6.54 Å². The third-order valence-electron chi connectivity index (χ3n) is 3.77. The normalized spacial score (nSPS) is 18.9. The maximum absolute atomic E-state index is 12.7. The number of amides is 1. The van der Waals surface area contributed by atoms with Gasteiger partial charge >= 0.3 is 6.18 Å². The molecule has 118 valence electrons. The number of halogens is 3. The standard InChI is InChI=1S/C14H14F3N3O2/c1-19-10(8-12(18-19)14(15,16)17)13(21)20-6-2-4-9(20)11-5-3-7-22-11/h3,5,7-9H,2,4,6H2,1H3/t9-/m0/s1. The summed E-state index contributed by atoms with van der Waals surface area (Å²) < 4.78 is 44.4. The molecule has 3 rings (SSSR count). The zero-order valence-corrected chi connectivity index (χ0v) is 11.8. The Hall–Kier alpha value is -2.25. The van der Waals surface area contributed by atoms with Gasteiger partial charge in [-0.2, -0.15) is 18.3 Å². The van der Waals surface area contributed by atoms with Crippen molar-refractivity contribution in [2.45, 2.75) is 25.1 Å². The highest BCUT2D eigenvalue weighted by atomic mass is 19.4. The summed E-state index contributed by atoms with van der Waals surface area (Å²) in [4.78, 5) is 14.1. The van der Waals surface area contributed by atoms with Crippen LogP contribution in [0, 0.1) is 0 Å². The van der Waals surface area contributed by atoms with Crippen molar-refractivity contribution < 1.29 is 22.4 Å². The van der Waals surface area contributed by atoms with Gasteiger partial charge in [0.05, 0.1) is 12.3 Å². The molecule has 0 aromatic carbocycles. The molecule has 0 radical (unpaired) electrons. The fraction of sp³-hybridized carbons (Fsp3) is 0.429. The molecule has 0 aliphatic carbocycles. The lowest BCUT2D eigenvalue weighted by molar-refractivity contribution is -0.141. The first kappa shape index (κ1) is 14.7. The van der Waals surface area contributed by atoms with E-state index in [1.54, 1.807) is 12.1 Å². The van der Waals surface area contributed by atoms with Crippen LogP contribution in [-0.4, -0.2) is 27.1 Å². The Kier molecular flexibility index (Phi) is 3.46. The minimum atomic E-state index is -4.57. The van der Waals surface area contributed by atoms with Crippen LogP contribution in [0.5, 0.6) is 0 Å². The molecule has 22 heavy (non-hydrogen) atoms. The predicted octanol–water partition coefficient (Wildman–Crippen LogP) is 3.01. The molecule has 5 nitrogen and oxygen atoms in total. The molecule has 0 N–H and O–H groups in total. The lowest BCUT2D eigenvalue weighted by atomic mass is 10.1. The maximum Gasteiger partial charge on any atom is 0.435 e. The van der Waals surface area contributed by atoms with Gasteiger partial charge in [0.2, 0.25) is 0 Å². The van der Waals surface area contributed by atoms with Crippen molar-refractivity contribution in [3.05, 3.63) is 41.6 Å². The van der Waals surface area contributed by atoms with Gasteiger partial charge in [-0.05, 0) is 25.0 Å². The van der Waals surface area contributed by atoms with Crippen LogP contribution in [0.1, 0.15) is 40.8 Å². The van der Waals surface area contributed by atoms with Gasteiger partial charge in [-0.3, -0.25) is 9.48 Å². The van der Waals surface area contributed by atoms with Crippen molar-refractivity contribution in [2.24, 2.45) is 7.05 Å². The number of aryl methyl sites for hydroxylation is 1. The number of furan rings is 1. The van der Waals surface area contributed by atoms with E-state index in [0.29, 0.717) is 12.3 Å². The minimum Gasteiger partial charge on any atom is -0.467 e. The van der Waals surface area contributed by atoms with Crippen LogP contribution in [0.15, 0.2) is 28.9 Å². The second-order valence-electron chi connectivity index (χ2n) is 5.21. The summed E-state index contributed by atoms with van der Waals surface area (Å²) >= 11 is 0. The SMILES string of the molecule is Cn1nc(C(F)(F)F)cc1C(=O)N1CCC[C@H]1c1ccco1. The molecule has 1 saturated heterocycles. The minimum absolute atomic E-state index is 0.0780. The van der Waals surface area contributed by atoms with Crippen LogP contribution in [0.2, 0.25) is 0 Å². The number of carbonyl (C=O) groups excluding carboxylic acids is 1. The molecule has 1 amide bonds. The summed E-state index contributed by atoms with van der Waals surface area (Å²) in [6, 6.07) is 4.04. The Balaban J connectivity index is 1.89. The third-order valence-corrected chi connectivity index (χ3v) is 3.77. The summed E-state index contributed by atoms with van der Waals surface area (Å²) in [5.74, 6) is 0.175. The Labute approximate surface area is 124 Å². The summed E-state index contributed by atoms with van der Waals surface area (Å²) in [6.45, 7) is 0.483. The topological polar surface area (TPSA) is 51.3 Å². The maximum atomic E-state index is 12.7. The molecule has 0 saturated carbocycles. The molecule has 0 spiro atoms. The molecule has 1 aliphatic rings. The van der Waals surface area contributed by atoms with Gasteiger partial charge in [-0.1, -0.05) is 0 Å². The number of rotatable bonds is 2. The van der Waals surface area contributed by atoms with Gasteiger partial charge in [-0.25, -0.2) is 0 Å². The fourth-order valence-corrected chi connectivity index (χ4v) is 2.74. The Bertz CT molecular complexity index is 676. The highest BCUT2D eigenvalue weighted by molar-refractivity contribution is 5.93. The van der Waals surface area contributed by atoms with Gasteiger partial charge in [0.25, 0.3) is 5.91 Å². The zero-order chi connectivity index (χ0) is 15.9. The quantitative estimate of drug-likeness (QED) is 0.856. The molecule has 1 atom stereocenters. The van der Waals surface area contributed by atoms with Gasteiger partial charge < -0.3 is 9.32 Å². The molecular weight excluding hydrogens is 299 g/mol. The molecule has 8 heteroatoms. The molecule has 2 aromatic heterocycles. The van der Waals surface area contributed by atoms with Crippen molar-refractivity contribution in [3.8, 4) is 0 Å². The number of hydrogen-bond acceptors (Lipinski definition) is 3. The first-order chi connectivity index (χ1) is 10.4. The summed E-state index contributed by atoms with van der Waals surface area (Å²) in [7, 11) is 1.33. The zero-order valence-electron chi connectivity index (χ0n) is 11.8. The lowest BCUT2D eigenvalue weighted by Crippen LogP contribution is -2.31. The fourth-order valence-electron chi connectivity index (χ4n) is 2.74. The second-order valence-corrected chi connectivity index (χ2v) is 5.21. The van der Waals surface area contributed by atoms with E-state index in [0.717, 1.165) is 23.6 Å². The summed E-state index contributed by atoms with van der Waals surface area (Å²) in [5.41, 5.74) is -1.14. The number of hydrogen-bond donors (Lipinski definition) is 0. The molecule has 3 heterocycles. The highest BCUT2D eigenvalue weighted by Crippen LogP contribution is 2.34. The number of likely N-dealkylation sites (tertiary alicyclic amines) is 1. The average Bonchev–Trinajstić information content (AvgIpc) is 3.16. The summed E-state index contributed by atoms with van der Waals surface area (Å²) in [5, 5.41) is 3.38. The smallest absolute Gasteiger partial charge is 0.435 e. The van der Waals surface area contributed by atoms with Gasteiger partial charge in [-0.15, -0.1) is 0 Å². The van der Waals surface area contributed by atoms with Crippen LogP contribution in [-0.2, 0) is 13.2 Å². The van der Waals surface area contributed by atoms with E-state index in [4.69, 9.17) is 4.42 Å². The van der Waals surface area contributed by atoms with E-state index in [1.165, 1.54) is 18.2 Å². The number of aromatic nitrogens is 2. The van der Waals surface area contributed by atoms with E-state index in [1.807, 2.05) is 0 Å². The van der Waals surface area contributed by atoms with Crippen molar-refractivity contribution in [1.82, 2.24) is 14.7 Å². The first-order valence-corrected chi connectivity index (χ1v) is 6.83. The Morgan fingerprint density at radius 1 is 1.45 bits per heavy atom. The van der Waals surface area contributed by atoms with Crippen LogP contribution in [0.3, 0.4) is 0 Å². The monoisotopic (exact) mass is 313 g/mol. The Morgan fingerprint density at radius 2 is 2.23 bits per heavy atom. The van der Waals surface area contributed by atoms with Crippen molar-refractivity contribution in [1.29, 1.82) is 0 Å². The number of carbonyl (C=O) groups is 1. The van der Waals surface area contributed by atoms with Crippen LogP contribution in [0.4, 0.5) is 13.2 Å². The van der Waals surface area contributed by atoms with Crippen LogP contribution in [0.25, 0.3) is 0 Å². The van der Waals surface area contributed by atoms with Crippen molar-refractivity contribution >= 4 is 5.91 Å². The largest absolute Gasteiger partial charge is 0.467 e. The van der Waals surface area contributed by atoms with E-state index in [-0.39, 0.29) is 11.7 Å². The lowest BCUT2D eigenvalue weighted by Gasteiger charge is -2.22. The van der Waals surface area contributed by atoms with E-state index >= 15 is 0 Å². The average molecular weight is 313 g/mol. The molecule has 2 aromatic rings. The van der Waals surface area contributed by atoms with Gasteiger partial charge in [0.1, 0.15) is 11.5 Å². The van der Waals surface area contributed by atoms with Gasteiger partial charge in [0.15, 0.2) is 5.69 Å². The number of alkyl halides is 3. The molecule has 1 fully saturated rings. The molecule has 1 aliphatic heterocycles. The van der Waals surface area contributed by atoms with Gasteiger partial charge in [0, 0.05) is 19.7 Å². The van der Waals surface area contributed by atoms with E-state index in [2.05, 4.69) is 5.10 Å². The van der Waals surface area contributed by atoms with Crippen molar-refractivity contribution in [3.63, 3.8) is 0 Å². The number of nitrogens with zero attached hydrogens (tertiary/aromatic N) is 3. The third kappa shape index (κ3) is 2.49. The Morgan fingerprint density at radius 3 is 2.82 bits per heavy atom. The van der Waals surface area contributed by atoms with E-state index < -0.39 is 17.8 Å².